The predicted octanol–water partition coefficient (Wildman–Crippen LogP) is 23.5. The highest BCUT2D eigenvalue weighted by Gasteiger charge is 2.25. The first-order chi connectivity index (χ1) is 42.6. The highest BCUT2D eigenvalue weighted by Crippen LogP contribution is 2.19. The van der Waals surface area contributed by atoms with Gasteiger partial charge in [0.15, 0.2) is 6.10 Å². The summed E-state index contributed by atoms with van der Waals surface area (Å²) in [6.07, 6.45) is 87.9. The molecule has 0 saturated heterocycles. The average molecular weight is 1220 g/mol. The lowest BCUT2D eigenvalue weighted by molar-refractivity contribution is -0.870. The number of nitrogens with zero attached hydrogens (tertiary/aromatic N) is 1. The highest BCUT2D eigenvalue weighted by atomic mass is 16.7. The van der Waals surface area contributed by atoms with Crippen molar-refractivity contribution in [1.29, 1.82) is 0 Å². The highest BCUT2D eigenvalue weighted by molar-refractivity contribution is 5.71. The molecule has 9 nitrogen and oxygen atoms in total. The Morgan fingerprint density at radius 1 is 0.356 bits per heavy atom. The molecule has 0 aliphatic rings. The minimum atomic E-state index is -1.51. The summed E-state index contributed by atoms with van der Waals surface area (Å²) in [4.78, 5) is 37.7. The second-order valence-corrected chi connectivity index (χ2v) is 26.6. The lowest BCUT2D eigenvalue weighted by Gasteiger charge is -2.25. The Labute approximate surface area is 539 Å². The maximum atomic E-state index is 13.0. The minimum absolute atomic E-state index is 0.177. The smallest absolute Gasteiger partial charge is 0.361 e. The Morgan fingerprint density at radius 2 is 0.655 bits per heavy atom. The summed E-state index contributed by atoms with van der Waals surface area (Å²) in [6, 6.07) is 0. The molecule has 9 heteroatoms. The summed E-state index contributed by atoms with van der Waals surface area (Å²) < 4.78 is 23.0. The van der Waals surface area contributed by atoms with Gasteiger partial charge in [0.1, 0.15) is 13.2 Å². The van der Waals surface area contributed by atoms with E-state index in [4.69, 9.17) is 18.9 Å². The van der Waals surface area contributed by atoms with Crippen LogP contribution in [-0.4, -0.2) is 87.4 Å². The van der Waals surface area contributed by atoms with E-state index in [2.05, 4.69) is 74.6 Å². The van der Waals surface area contributed by atoms with Crippen molar-refractivity contribution in [2.75, 3.05) is 47.5 Å². The van der Waals surface area contributed by atoms with E-state index in [1.807, 2.05) is 21.1 Å². The first kappa shape index (κ1) is 84.0. The topological polar surface area (TPSA) is 108 Å². The van der Waals surface area contributed by atoms with E-state index >= 15 is 0 Å². The summed E-state index contributed by atoms with van der Waals surface area (Å²) in [5.41, 5.74) is 0. The van der Waals surface area contributed by atoms with Crippen LogP contribution >= 0.6 is 0 Å². The Balaban J connectivity index is 4.00. The first-order valence-electron chi connectivity index (χ1n) is 37.5. The quantitative estimate of drug-likeness (QED) is 0.0211. The van der Waals surface area contributed by atoms with Gasteiger partial charge < -0.3 is 28.5 Å². The van der Waals surface area contributed by atoms with Gasteiger partial charge in [0.25, 0.3) is 6.29 Å². The molecular formula is C78H144NO8+. The fourth-order valence-electron chi connectivity index (χ4n) is 11.1. The molecule has 0 aromatic carbocycles. The van der Waals surface area contributed by atoms with Crippen molar-refractivity contribution >= 4 is 17.9 Å². The van der Waals surface area contributed by atoms with Crippen LogP contribution in [0.2, 0.25) is 0 Å². The summed E-state index contributed by atoms with van der Waals surface area (Å²) in [5, 5.41) is 9.76. The van der Waals surface area contributed by atoms with Crippen molar-refractivity contribution in [3.05, 3.63) is 60.8 Å². The van der Waals surface area contributed by atoms with Crippen LogP contribution in [0.25, 0.3) is 0 Å². The number of quaternary nitrogens is 1. The van der Waals surface area contributed by atoms with E-state index < -0.39 is 18.4 Å². The average Bonchev–Trinajstić information content (AvgIpc) is 3.57. The molecule has 2 unspecified atom stereocenters. The molecule has 0 spiro atoms. The van der Waals surface area contributed by atoms with Gasteiger partial charge >= 0.3 is 17.9 Å². The number of unbranched alkanes of at least 4 members (excludes halogenated alkanes) is 45. The maximum Gasteiger partial charge on any atom is 0.361 e. The van der Waals surface area contributed by atoms with Gasteiger partial charge in [0.05, 0.1) is 34.4 Å². The molecule has 0 aliphatic heterocycles. The normalized spacial score (nSPS) is 13.0. The number of carboxylic acids is 1. The zero-order valence-electron chi connectivity index (χ0n) is 58.2. The monoisotopic (exact) mass is 1220 g/mol. The summed E-state index contributed by atoms with van der Waals surface area (Å²) >= 11 is 0. The first-order valence-corrected chi connectivity index (χ1v) is 37.5. The number of aliphatic carboxylic acids is 1. The van der Waals surface area contributed by atoms with Crippen molar-refractivity contribution in [1.82, 2.24) is 0 Å². The van der Waals surface area contributed by atoms with Gasteiger partial charge in [-0.3, -0.25) is 9.59 Å². The zero-order valence-corrected chi connectivity index (χ0v) is 58.2. The number of hydrogen-bond donors (Lipinski definition) is 1. The standard InChI is InChI=1S/C78H143NO8/c1-6-8-10-12-14-16-18-20-22-24-26-28-30-32-33-34-35-36-37-38-39-40-41-42-43-45-47-49-51-53-55-57-59-61-63-65-67-69-76(81)87-74(73-86-78(77(82)83)84-71-70-79(3,4)5)72-85-75(80)68-66-64-62-60-58-56-54-52-50-48-46-44-31-29-27-25-23-21-19-17-15-13-11-9-7-2/h8,10,14,16,20,22,25-28,74,78H,6-7,9,11-13,15,17-19,21,23-24,29-73H2,1-5H3/p+1/b10-8-,16-14-,22-20-,27-25-,28-26-. The minimum Gasteiger partial charge on any atom is -0.477 e. The van der Waals surface area contributed by atoms with Gasteiger partial charge in [-0.15, -0.1) is 0 Å². The molecule has 0 saturated carbocycles. The molecule has 0 rings (SSSR count). The van der Waals surface area contributed by atoms with Gasteiger partial charge in [-0.25, -0.2) is 4.79 Å². The zero-order chi connectivity index (χ0) is 63.3. The maximum absolute atomic E-state index is 13.0. The SMILES string of the molecule is CC/C=C\C/C=C\C/C=C\C/C=C\CCCCCCCCCCCCCCCCCCCCCCCCCCC(=O)OC(COC(=O)CCCCCCCCCCCCCCC/C=C\CCCCCCCCCC)COC(OCC[N+](C)(C)C)C(=O)O. The lowest BCUT2D eigenvalue weighted by Crippen LogP contribution is -2.40. The molecule has 0 aliphatic carbocycles. The van der Waals surface area contributed by atoms with Gasteiger partial charge in [-0.1, -0.05) is 331 Å². The fourth-order valence-corrected chi connectivity index (χ4v) is 11.1. The number of hydrogen-bond acceptors (Lipinski definition) is 7. The molecule has 0 aromatic heterocycles. The number of carbonyl (C=O) groups excluding carboxylic acids is 2. The van der Waals surface area contributed by atoms with Crippen LogP contribution in [-0.2, 0) is 33.3 Å². The number of likely N-dealkylation sites (N-methyl/N-ethyl adjacent to an activating group) is 1. The van der Waals surface area contributed by atoms with Crippen LogP contribution in [0.4, 0.5) is 0 Å². The van der Waals surface area contributed by atoms with E-state index in [1.54, 1.807) is 0 Å². The van der Waals surface area contributed by atoms with Crippen LogP contribution in [0.1, 0.15) is 361 Å². The summed E-state index contributed by atoms with van der Waals surface area (Å²) in [6.45, 7) is 4.83. The largest absolute Gasteiger partial charge is 0.477 e. The molecule has 2 atom stereocenters. The third-order valence-electron chi connectivity index (χ3n) is 16.8. The Morgan fingerprint density at radius 3 is 0.989 bits per heavy atom. The molecular weight excluding hydrogens is 1080 g/mol. The van der Waals surface area contributed by atoms with E-state index in [9.17, 15) is 19.5 Å². The van der Waals surface area contributed by atoms with E-state index in [-0.39, 0.29) is 38.2 Å². The second-order valence-electron chi connectivity index (χ2n) is 26.6. The number of allylic oxidation sites excluding steroid dienone is 10. The van der Waals surface area contributed by atoms with Crippen molar-refractivity contribution in [2.45, 2.75) is 373 Å². The lowest BCUT2D eigenvalue weighted by atomic mass is 10.0. The molecule has 87 heavy (non-hydrogen) atoms. The molecule has 0 bridgehead atoms. The van der Waals surface area contributed by atoms with Crippen molar-refractivity contribution in [3.63, 3.8) is 0 Å². The van der Waals surface area contributed by atoms with E-state index in [0.717, 1.165) is 64.2 Å². The van der Waals surface area contributed by atoms with Crippen molar-refractivity contribution in [3.8, 4) is 0 Å². The van der Waals surface area contributed by atoms with Crippen LogP contribution in [0.3, 0.4) is 0 Å². The number of carbonyl (C=O) groups is 3. The predicted molar refractivity (Wildman–Crippen MR) is 373 cm³/mol. The van der Waals surface area contributed by atoms with Gasteiger partial charge in [0, 0.05) is 12.8 Å². The third-order valence-corrected chi connectivity index (χ3v) is 16.8. The van der Waals surface area contributed by atoms with Gasteiger partial charge in [-0.05, 0) is 77.0 Å². The Bertz CT molecular complexity index is 1610. The Hall–Kier alpha value is -3.01. The van der Waals surface area contributed by atoms with Crippen LogP contribution < -0.4 is 0 Å². The van der Waals surface area contributed by atoms with Crippen molar-refractivity contribution < 1.29 is 42.9 Å². The molecule has 508 valence electrons. The molecule has 0 radical (unpaired) electrons. The summed E-state index contributed by atoms with van der Waals surface area (Å²) in [5.74, 6) is -1.98. The molecule has 1 N–H and O–H groups in total. The number of carboxylic acid groups (broad SMARTS) is 1. The van der Waals surface area contributed by atoms with Gasteiger partial charge in [-0.2, -0.15) is 0 Å². The van der Waals surface area contributed by atoms with Crippen molar-refractivity contribution in [2.24, 2.45) is 0 Å². The molecule has 0 heterocycles. The number of esters is 2. The second kappa shape index (κ2) is 68.9. The van der Waals surface area contributed by atoms with Gasteiger partial charge in [0.2, 0.25) is 0 Å². The molecule has 0 amide bonds. The van der Waals surface area contributed by atoms with Crippen LogP contribution in [0, 0.1) is 0 Å². The van der Waals surface area contributed by atoms with Crippen LogP contribution in [0.15, 0.2) is 60.8 Å². The molecule has 0 aromatic rings. The number of rotatable bonds is 70. The van der Waals surface area contributed by atoms with E-state index in [0.29, 0.717) is 17.4 Å². The van der Waals surface area contributed by atoms with E-state index in [1.165, 1.54) is 270 Å². The fraction of sp³-hybridized carbons (Fsp3) is 0.833. The number of ether oxygens (including phenoxy) is 4. The third kappa shape index (κ3) is 70.3. The molecule has 0 fully saturated rings. The summed E-state index contributed by atoms with van der Waals surface area (Å²) in [7, 11) is 5.99. The van der Waals surface area contributed by atoms with Crippen LogP contribution in [0.5, 0.6) is 0 Å². The Kier molecular flexibility index (Phi) is 66.5.